The molecule has 158 valence electrons. The molecule has 2 bridgehead atoms. The first kappa shape index (κ1) is 19.8. The van der Waals surface area contributed by atoms with Crippen LogP contribution in [0.4, 0.5) is 5.13 Å². The average Bonchev–Trinajstić information content (AvgIpc) is 3.29. The molecule has 3 heterocycles. The van der Waals surface area contributed by atoms with Crippen molar-refractivity contribution in [2.45, 2.75) is 49.9 Å². The molecule has 1 aromatic heterocycles. The van der Waals surface area contributed by atoms with Crippen LogP contribution in [0, 0.1) is 0 Å². The molecule has 2 aliphatic rings. The highest BCUT2D eigenvalue weighted by atomic mass is 32.1. The van der Waals surface area contributed by atoms with Crippen LogP contribution in [0.2, 0.25) is 0 Å². The first-order chi connectivity index (χ1) is 14.7. The zero-order chi connectivity index (χ0) is 20.5. The second-order valence-electron chi connectivity index (χ2n) is 8.56. The van der Waals surface area contributed by atoms with E-state index in [1.54, 1.807) is 11.3 Å². The molecule has 3 atom stereocenters. The van der Waals surface area contributed by atoms with E-state index in [4.69, 9.17) is 9.72 Å². The van der Waals surface area contributed by atoms with Crippen LogP contribution in [0.1, 0.15) is 25.7 Å². The fourth-order valence-corrected chi connectivity index (χ4v) is 6.03. The van der Waals surface area contributed by atoms with Gasteiger partial charge in [0.1, 0.15) is 18.5 Å². The number of aliphatic hydroxyl groups excluding tert-OH is 1. The lowest BCUT2D eigenvalue weighted by molar-refractivity contribution is 0.0320. The van der Waals surface area contributed by atoms with Gasteiger partial charge in [0.2, 0.25) is 0 Å². The summed E-state index contributed by atoms with van der Waals surface area (Å²) in [6.45, 7) is 1.04. The highest BCUT2D eigenvalue weighted by Gasteiger charge is 2.42. The van der Waals surface area contributed by atoms with Crippen LogP contribution in [0.3, 0.4) is 0 Å². The molecular formula is C24H29N3O2S. The second kappa shape index (κ2) is 8.53. The van der Waals surface area contributed by atoms with E-state index in [0.717, 1.165) is 29.2 Å². The summed E-state index contributed by atoms with van der Waals surface area (Å²) in [7, 11) is 2.19. The standard InChI is InChI=1S/C24H29N3O2S/c1-26(24-25-22-9-5-6-10-23(22)30-24)19-13-17-11-12-18(14-19)27(17)15-20(28)16-29-21-7-3-2-4-8-21/h2-10,17-20,28H,11-16H2,1H3. The van der Waals surface area contributed by atoms with Crippen molar-refractivity contribution in [3.8, 4) is 5.75 Å². The van der Waals surface area contributed by atoms with Gasteiger partial charge in [-0.3, -0.25) is 4.90 Å². The lowest BCUT2D eigenvalue weighted by atomic mass is 9.96. The van der Waals surface area contributed by atoms with E-state index in [1.165, 1.54) is 17.5 Å². The Morgan fingerprint density at radius 1 is 1.10 bits per heavy atom. The summed E-state index contributed by atoms with van der Waals surface area (Å²) in [6.07, 6.45) is 4.25. The van der Waals surface area contributed by atoms with Gasteiger partial charge in [-0.05, 0) is 49.9 Å². The smallest absolute Gasteiger partial charge is 0.186 e. The predicted octanol–water partition coefficient (Wildman–Crippen LogP) is 4.17. The molecule has 3 aromatic rings. The van der Waals surface area contributed by atoms with Gasteiger partial charge in [0.15, 0.2) is 5.13 Å². The Bertz CT molecular complexity index is 932. The number of nitrogens with zero attached hydrogens (tertiary/aromatic N) is 3. The van der Waals surface area contributed by atoms with Crippen LogP contribution in [-0.2, 0) is 0 Å². The van der Waals surface area contributed by atoms with E-state index in [1.807, 2.05) is 30.3 Å². The Kier molecular flexibility index (Phi) is 5.63. The van der Waals surface area contributed by atoms with Crippen molar-refractivity contribution >= 4 is 26.7 Å². The van der Waals surface area contributed by atoms with Gasteiger partial charge in [0.05, 0.1) is 10.2 Å². The summed E-state index contributed by atoms with van der Waals surface area (Å²) in [5.74, 6) is 0.815. The van der Waals surface area contributed by atoms with Crippen LogP contribution in [0.25, 0.3) is 10.2 Å². The maximum absolute atomic E-state index is 10.6. The van der Waals surface area contributed by atoms with Gasteiger partial charge in [-0.15, -0.1) is 0 Å². The number of ether oxygens (including phenoxy) is 1. The topological polar surface area (TPSA) is 48.8 Å². The summed E-state index contributed by atoms with van der Waals surface area (Å²) in [5.41, 5.74) is 1.09. The second-order valence-corrected chi connectivity index (χ2v) is 9.57. The summed E-state index contributed by atoms with van der Waals surface area (Å²) in [5, 5.41) is 11.7. The molecule has 0 spiro atoms. The summed E-state index contributed by atoms with van der Waals surface area (Å²) < 4.78 is 7.01. The normalized spacial score (nSPS) is 24.8. The number of thiazole rings is 1. The Labute approximate surface area is 181 Å². The highest BCUT2D eigenvalue weighted by Crippen LogP contribution is 2.39. The first-order valence-electron chi connectivity index (χ1n) is 10.9. The molecule has 0 saturated carbocycles. The molecule has 6 heteroatoms. The Hall–Kier alpha value is -2.15. The van der Waals surface area contributed by atoms with Crippen molar-refractivity contribution in [3.63, 3.8) is 0 Å². The zero-order valence-electron chi connectivity index (χ0n) is 17.4. The van der Waals surface area contributed by atoms with Gasteiger partial charge in [-0.25, -0.2) is 4.98 Å². The van der Waals surface area contributed by atoms with E-state index >= 15 is 0 Å². The maximum atomic E-state index is 10.6. The van der Waals surface area contributed by atoms with Crippen molar-refractivity contribution in [2.24, 2.45) is 0 Å². The first-order valence-corrected chi connectivity index (χ1v) is 11.7. The number of piperidine rings is 1. The van der Waals surface area contributed by atoms with E-state index in [0.29, 0.717) is 31.3 Å². The monoisotopic (exact) mass is 423 g/mol. The van der Waals surface area contributed by atoms with Crippen molar-refractivity contribution in [1.82, 2.24) is 9.88 Å². The molecule has 3 unspecified atom stereocenters. The predicted molar refractivity (Wildman–Crippen MR) is 123 cm³/mol. The third kappa shape index (κ3) is 4.04. The number of para-hydroxylation sites is 2. The van der Waals surface area contributed by atoms with Gasteiger partial charge in [-0.2, -0.15) is 0 Å². The molecule has 2 saturated heterocycles. The number of fused-ring (bicyclic) bond motifs is 3. The minimum absolute atomic E-state index is 0.342. The summed E-state index contributed by atoms with van der Waals surface area (Å²) in [4.78, 5) is 9.77. The van der Waals surface area contributed by atoms with Crippen LogP contribution in [-0.4, -0.2) is 59.4 Å². The average molecular weight is 424 g/mol. The van der Waals surface area contributed by atoms with E-state index in [-0.39, 0.29) is 0 Å². The van der Waals surface area contributed by atoms with E-state index in [9.17, 15) is 5.11 Å². The molecule has 2 aromatic carbocycles. The fourth-order valence-electron chi connectivity index (χ4n) is 5.03. The maximum Gasteiger partial charge on any atom is 0.186 e. The van der Waals surface area contributed by atoms with Crippen molar-refractivity contribution in [3.05, 3.63) is 54.6 Å². The van der Waals surface area contributed by atoms with Crippen molar-refractivity contribution < 1.29 is 9.84 Å². The fraction of sp³-hybridized carbons (Fsp3) is 0.458. The van der Waals surface area contributed by atoms with Crippen LogP contribution in [0.15, 0.2) is 54.6 Å². The molecule has 0 radical (unpaired) electrons. The van der Waals surface area contributed by atoms with Crippen LogP contribution >= 0.6 is 11.3 Å². The Balaban J connectivity index is 1.19. The summed E-state index contributed by atoms with van der Waals surface area (Å²) in [6, 6.07) is 19.7. The van der Waals surface area contributed by atoms with Crippen LogP contribution in [0.5, 0.6) is 5.75 Å². The molecule has 0 amide bonds. The molecule has 1 N–H and O–H groups in total. The minimum Gasteiger partial charge on any atom is -0.491 e. The van der Waals surface area contributed by atoms with E-state index < -0.39 is 6.10 Å². The molecule has 2 aliphatic heterocycles. The van der Waals surface area contributed by atoms with Crippen LogP contribution < -0.4 is 9.64 Å². The molecule has 0 aliphatic carbocycles. The highest BCUT2D eigenvalue weighted by molar-refractivity contribution is 7.22. The van der Waals surface area contributed by atoms with Crippen molar-refractivity contribution in [1.29, 1.82) is 0 Å². The SMILES string of the molecule is CN(c1nc2ccccc2s1)C1CC2CCC(C1)N2CC(O)COc1ccccc1. The lowest BCUT2D eigenvalue weighted by Crippen LogP contribution is -2.52. The van der Waals surface area contributed by atoms with Crippen molar-refractivity contribution in [2.75, 3.05) is 25.1 Å². The zero-order valence-corrected chi connectivity index (χ0v) is 18.2. The number of benzene rings is 2. The largest absolute Gasteiger partial charge is 0.491 e. The third-order valence-corrected chi connectivity index (χ3v) is 7.73. The number of aliphatic hydroxyl groups is 1. The Morgan fingerprint density at radius 3 is 2.53 bits per heavy atom. The number of rotatable bonds is 7. The number of hydrogen-bond acceptors (Lipinski definition) is 6. The van der Waals surface area contributed by atoms with Gasteiger partial charge >= 0.3 is 0 Å². The molecule has 2 fully saturated rings. The molecular weight excluding hydrogens is 394 g/mol. The molecule has 5 nitrogen and oxygen atoms in total. The summed E-state index contributed by atoms with van der Waals surface area (Å²) >= 11 is 1.78. The minimum atomic E-state index is -0.466. The third-order valence-electron chi connectivity index (χ3n) is 6.60. The van der Waals surface area contributed by atoms with Gasteiger partial charge in [-0.1, -0.05) is 41.7 Å². The molecule has 30 heavy (non-hydrogen) atoms. The number of aromatic nitrogens is 1. The Morgan fingerprint density at radius 2 is 1.80 bits per heavy atom. The van der Waals surface area contributed by atoms with Gasteiger partial charge in [0, 0.05) is 31.7 Å². The quantitative estimate of drug-likeness (QED) is 0.618. The van der Waals surface area contributed by atoms with Gasteiger partial charge in [0.25, 0.3) is 0 Å². The molecule has 5 rings (SSSR count). The van der Waals surface area contributed by atoms with E-state index in [2.05, 4.69) is 41.1 Å². The number of anilines is 1. The van der Waals surface area contributed by atoms with Gasteiger partial charge < -0.3 is 14.7 Å². The lowest BCUT2D eigenvalue weighted by Gasteiger charge is -2.42. The number of hydrogen-bond donors (Lipinski definition) is 1.